The standard InChI is InChI=1S/C13H13N3S/c1-8-5-4-6-11(7-14)12(8)16-13-15-9(2)10(3)17-13/h4-6H,1-3H3,(H,15,16). The van der Waals surface area contributed by atoms with E-state index in [9.17, 15) is 0 Å². The molecule has 0 fully saturated rings. The minimum Gasteiger partial charge on any atom is -0.330 e. The summed E-state index contributed by atoms with van der Waals surface area (Å²) in [7, 11) is 0. The number of nitrogens with zero attached hydrogens (tertiary/aromatic N) is 2. The van der Waals surface area contributed by atoms with Crippen LogP contribution in [0.3, 0.4) is 0 Å². The van der Waals surface area contributed by atoms with Crippen molar-refractivity contribution >= 4 is 22.2 Å². The Balaban J connectivity index is 2.39. The predicted molar refractivity (Wildman–Crippen MR) is 70.8 cm³/mol. The Morgan fingerprint density at radius 1 is 1.29 bits per heavy atom. The molecule has 1 heterocycles. The number of nitriles is 1. The van der Waals surface area contributed by atoms with Gasteiger partial charge >= 0.3 is 0 Å². The second-order valence-electron chi connectivity index (χ2n) is 3.89. The van der Waals surface area contributed by atoms with Crippen LogP contribution < -0.4 is 5.32 Å². The molecule has 0 spiro atoms. The molecule has 0 saturated carbocycles. The van der Waals surface area contributed by atoms with E-state index in [1.165, 1.54) is 4.88 Å². The highest BCUT2D eigenvalue weighted by Crippen LogP contribution is 2.28. The molecule has 0 aliphatic carbocycles. The lowest BCUT2D eigenvalue weighted by atomic mass is 10.1. The van der Waals surface area contributed by atoms with E-state index in [0.29, 0.717) is 5.56 Å². The molecule has 86 valence electrons. The second-order valence-corrected chi connectivity index (χ2v) is 5.10. The summed E-state index contributed by atoms with van der Waals surface area (Å²) in [5.41, 5.74) is 3.58. The number of hydrogen-bond acceptors (Lipinski definition) is 4. The molecule has 0 bridgehead atoms. The summed E-state index contributed by atoms with van der Waals surface area (Å²) in [6.45, 7) is 6.01. The third-order valence-electron chi connectivity index (χ3n) is 2.65. The molecule has 2 rings (SSSR count). The number of nitrogens with one attached hydrogen (secondary N) is 1. The molecule has 4 heteroatoms. The lowest BCUT2D eigenvalue weighted by molar-refractivity contribution is 1.22. The number of rotatable bonds is 2. The highest BCUT2D eigenvalue weighted by Gasteiger charge is 2.08. The van der Waals surface area contributed by atoms with Crippen LogP contribution in [0.25, 0.3) is 0 Å². The molecule has 0 saturated heterocycles. The Hall–Kier alpha value is -1.86. The van der Waals surface area contributed by atoms with E-state index in [2.05, 4.69) is 16.4 Å². The lowest BCUT2D eigenvalue weighted by Crippen LogP contribution is -1.95. The number of aromatic nitrogens is 1. The number of para-hydroxylation sites is 1. The number of aryl methyl sites for hydroxylation is 3. The Morgan fingerprint density at radius 3 is 2.65 bits per heavy atom. The van der Waals surface area contributed by atoms with Crippen molar-refractivity contribution in [3.05, 3.63) is 39.9 Å². The van der Waals surface area contributed by atoms with Crippen LogP contribution in [-0.4, -0.2) is 4.98 Å². The molecule has 0 aliphatic heterocycles. The van der Waals surface area contributed by atoms with E-state index >= 15 is 0 Å². The summed E-state index contributed by atoms with van der Waals surface area (Å²) >= 11 is 1.61. The van der Waals surface area contributed by atoms with Crippen LogP contribution >= 0.6 is 11.3 Å². The first-order valence-electron chi connectivity index (χ1n) is 5.32. The molecule has 0 unspecified atom stereocenters. The number of benzene rings is 1. The first-order valence-corrected chi connectivity index (χ1v) is 6.14. The van der Waals surface area contributed by atoms with E-state index < -0.39 is 0 Å². The quantitative estimate of drug-likeness (QED) is 0.875. The van der Waals surface area contributed by atoms with Crippen molar-refractivity contribution in [1.29, 1.82) is 5.26 Å². The van der Waals surface area contributed by atoms with E-state index in [4.69, 9.17) is 5.26 Å². The highest BCUT2D eigenvalue weighted by atomic mass is 32.1. The summed E-state index contributed by atoms with van der Waals surface area (Å²) < 4.78 is 0. The van der Waals surface area contributed by atoms with Crippen LogP contribution in [0, 0.1) is 32.1 Å². The Bertz CT molecular complexity index is 574. The van der Waals surface area contributed by atoms with Gasteiger partial charge in [0.15, 0.2) is 5.13 Å². The fourth-order valence-corrected chi connectivity index (χ4v) is 2.38. The zero-order valence-electron chi connectivity index (χ0n) is 10.0. The summed E-state index contributed by atoms with van der Waals surface area (Å²) in [5.74, 6) is 0. The van der Waals surface area contributed by atoms with Crippen LogP contribution in [0.15, 0.2) is 18.2 Å². The van der Waals surface area contributed by atoms with Gasteiger partial charge in [0, 0.05) is 4.88 Å². The molecule has 3 nitrogen and oxygen atoms in total. The van der Waals surface area contributed by atoms with Gasteiger partial charge in [0.2, 0.25) is 0 Å². The van der Waals surface area contributed by atoms with Gasteiger partial charge in [-0.05, 0) is 32.4 Å². The third-order valence-corrected chi connectivity index (χ3v) is 3.64. The van der Waals surface area contributed by atoms with Crippen molar-refractivity contribution in [2.24, 2.45) is 0 Å². The summed E-state index contributed by atoms with van der Waals surface area (Å²) in [5, 5.41) is 13.2. The van der Waals surface area contributed by atoms with Crippen molar-refractivity contribution in [2.75, 3.05) is 5.32 Å². The van der Waals surface area contributed by atoms with Crippen LogP contribution in [0.4, 0.5) is 10.8 Å². The fraction of sp³-hybridized carbons (Fsp3) is 0.231. The summed E-state index contributed by atoms with van der Waals surface area (Å²) in [6, 6.07) is 7.87. The maximum Gasteiger partial charge on any atom is 0.187 e. The number of anilines is 2. The Morgan fingerprint density at radius 2 is 2.06 bits per heavy atom. The predicted octanol–water partition coefficient (Wildman–Crippen LogP) is 3.68. The van der Waals surface area contributed by atoms with Crippen molar-refractivity contribution in [3.63, 3.8) is 0 Å². The summed E-state index contributed by atoms with van der Waals surface area (Å²) in [6.07, 6.45) is 0. The van der Waals surface area contributed by atoms with Gasteiger partial charge in [-0.3, -0.25) is 0 Å². The molecule has 1 aromatic carbocycles. The first kappa shape index (κ1) is 11.6. The fourth-order valence-electron chi connectivity index (χ4n) is 1.56. The highest BCUT2D eigenvalue weighted by molar-refractivity contribution is 7.15. The largest absolute Gasteiger partial charge is 0.330 e. The molecule has 0 amide bonds. The van der Waals surface area contributed by atoms with E-state index in [1.54, 1.807) is 11.3 Å². The van der Waals surface area contributed by atoms with Crippen molar-refractivity contribution in [1.82, 2.24) is 4.98 Å². The van der Waals surface area contributed by atoms with Crippen LogP contribution in [-0.2, 0) is 0 Å². The van der Waals surface area contributed by atoms with Gasteiger partial charge in [-0.1, -0.05) is 12.1 Å². The molecule has 1 N–H and O–H groups in total. The monoisotopic (exact) mass is 243 g/mol. The van der Waals surface area contributed by atoms with Crippen molar-refractivity contribution in [3.8, 4) is 6.07 Å². The second kappa shape index (κ2) is 4.56. The molecule has 0 aliphatic rings. The number of thiazole rings is 1. The van der Waals surface area contributed by atoms with Crippen molar-refractivity contribution < 1.29 is 0 Å². The van der Waals surface area contributed by atoms with Gasteiger partial charge < -0.3 is 5.32 Å². The summed E-state index contributed by atoms with van der Waals surface area (Å²) in [4.78, 5) is 5.61. The van der Waals surface area contributed by atoms with Crippen LogP contribution in [0.5, 0.6) is 0 Å². The zero-order valence-corrected chi connectivity index (χ0v) is 10.9. The SMILES string of the molecule is Cc1cccc(C#N)c1Nc1nc(C)c(C)s1. The third kappa shape index (κ3) is 2.29. The number of hydrogen-bond donors (Lipinski definition) is 1. The molecular formula is C13H13N3S. The van der Waals surface area contributed by atoms with Crippen molar-refractivity contribution in [2.45, 2.75) is 20.8 Å². The van der Waals surface area contributed by atoms with Gasteiger partial charge in [0.25, 0.3) is 0 Å². The van der Waals surface area contributed by atoms with Gasteiger partial charge in [-0.2, -0.15) is 5.26 Å². The average Bonchev–Trinajstić information content (AvgIpc) is 2.61. The molecule has 2 aromatic rings. The van der Waals surface area contributed by atoms with Gasteiger partial charge in [-0.15, -0.1) is 11.3 Å². The maximum absolute atomic E-state index is 9.07. The molecular weight excluding hydrogens is 230 g/mol. The Kier molecular flexibility index (Phi) is 3.12. The lowest BCUT2D eigenvalue weighted by Gasteiger charge is -2.08. The topological polar surface area (TPSA) is 48.7 Å². The van der Waals surface area contributed by atoms with Crippen LogP contribution in [0.2, 0.25) is 0 Å². The molecule has 1 aromatic heterocycles. The average molecular weight is 243 g/mol. The Labute approximate surface area is 105 Å². The normalized spacial score (nSPS) is 10.0. The maximum atomic E-state index is 9.07. The molecule has 0 radical (unpaired) electrons. The van der Waals surface area contributed by atoms with Gasteiger partial charge in [0.05, 0.1) is 16.9 Å². The smallest absolute Gasteiger partial charge is 0.187 e. The first-order chi connectivity index (χ1) is 8.11. The minimum absolute atomic E-state index is 0.649. The minimum atomic E-state index is 0.649. The van der Waals surface area contributed by atoms with Gasteiger partial charge in [0.1, 0.15) is 6.07 Å². The molecule has 0 atom stereocenters. The van der Waals surface area contributed by atoms with Crippen LogP contribution in [0.1, 0.15) is 21.7 Å². The zero-order chi connectivity index (χ0) is 12.4. The van der Waals surface area contributed by atoms with Gasteiger partial charge in [-0.25, -0.2) is 4.98 Å². The van der Waals surface area contributed by atoms with E-state index in [1.807, 2.05) is 39.0 Å². The van der Waals surface area contributed by atoms with E-state index in [-0.39, 0.29) is 0 Å². The van der Waals surface area contributed by atoms with E-state index in [0.717, 1.165) is 22.1 Å². The molecule has 17 heavy (non-hydrogen) atoms.